The second-order valence-corrected chi connectivity index (χ2v) is 10.2. The molecule has 1 saturated heterocycles. The maximum atomic E-state index is 15.2. The zero-order valence-corrected chi connectivity index (χ0v) is 19.4. The maximum Gasteiger partial charge on any atom is 0.321 e. The third-order valence-electron chi connectivity index (χ3n) is 5.97. The lowest BCUT2D eigenvalue weighted by atomic mass is 9.62. The summed E-state index contributed by atoms with van der Waals surface area (Å²) < 4.78 is 15.2. The van der Waals surface area contributed by atoms with E-state index in [2.05, 4.69) is 11.4 Å². The molecule has 3 rings (SSSR count). The molecule has 0 amide bonds. The molecule has 0 unspecified atom stereocenters. The number of nitrogens with one attached hydrogen (secondary N) is 1. The van der Waals surface area contributed by atoms with Gasteiger partial charge in [0.1, 0.15) is 17.3 Å². The summed E-state index contributed by atoms with van der Waals surface area (Å²) in [5.41, 5.74) is -0.0798. The van der Waals surface area contributed by atoms with E-state index in [0.29, 0.717) is 17.0 Å². The first kappa shape index (κ1) is 23.5. The molecule has 0 aromatic heterocycles. The lowest BCUT2D eigenvalue weighted by Gasteiger charge is -2.38. The van der Waals surface area contributed by atoms with E-state index in [1.54, 1.807) is 24.3 Å². The number of carboxylic acids is 1. The summed E-state index contributed by atoms with van der Waals surface area (Å²) in [6.07, 6.45) is 0.505. The summed E-state index contributed by atoms with van der Waals surface area (Å²) in [6.45, 7) is 7.89. The number of aryl methyl sites for hydroxylation is 1. The highest BCUT2D eigenvalue weighted by molar-refractivity contribution is 6.31. The molecule has 0 saturated carbocycles. The molecule has 1 aliphatic heterocycles. The van der Waals surface area contributed by atoms with Gasteiger partial charge < -0.3 is 5.11 Å². The molecule has 7 heteroatoms. The predicted molar refractivity (Wildman–Crippen MR) is 120 cm³/mol. The molecule has 31 heavy (non-hydrogen) atoms. The van der Waals surface area contributed by atoms with Crippen LogP contribution in [-0.4, -0.2) is 23.2 Å². The number of carbonyl (C=O) groups is 1. The molecule has 0 bridgehead atoms. The number of hydrogen-bond donors (Lipinski definition) is 2. The van der Waals surface area contributed by atoms with Crippen molar-refractivity contribution in [2.45, 2.75) is 57.5 Å². The van der Waals surface area contributed by atoms with Gasteiger partial charge in [0.2, 0.25) is 0 Å². The Morgan fingerprint density at radius 2 is 1.97 bits per heavy atom. The van der Waals surface area contributed by atoms with Crippen LogP contribution < -0.4 is 5.32 Å². The number of rotatable bonds is 4. The highest BCUT2D eigenvalue weighted by atomic mass is 35.5. The molecule has 2 N–H and O–H groups in total. The van der Waals surface area contributed by atoms with Gasteiger partial charge in [0, 0.05) is 17.0 Å². The minimum Gasteiger partial charge on any atom is -0.480 e. The molecule has 2 aromatic rings. The van der Waals surface area contributed by atoms with Crippen molar-refractivity contribution < 1.29 is 14.3 Å². The van der Waals surface area contributed by atoms with Gasteiger partial charge in [-0.3, -0.25) is 10.1 Å². The van der Waals surface area contributed by atoms with Gasteiger partial charge in [-0.2, -0.15) is 5.26 Å². The molecule has 0 radical (unpaired) electrons. The van der Waals surface area contributed by atoms with Crippen LogP contribution in [0.5, 0.6) is 0 Å². The fraction of sp³-hybridized carbons (Fsp3) is 0.417. The largest absolute Gasteiger partial charge is 0.480 e. The number of halogens is 3. The van der Waals surface area contributed by atoms with E-state index >= 15 is 4.39 Å². The van der Waals surface area contributed by atoms with Crippen LogP contribution in [0.3, 0.4) is 0 Å². The molecule has 0 aliphatic carbocycles. The van der Waals surface area contributed by atoms with Crippen molar-refractivity contribution in [3.63, 3.8) is 0 Å². The zero-order chi connectivity index (χ0) is 23.1. The minimum absolute atomic E-state index is 0.111. The smallest absolute Gasteiger partial charge is 0.321 e. The molecule has 1 heterocycles. The number of hydrogen-bond acceptors (Lipinski definition) is 3. The predicted octanol–water partition coefficient (Wildman–Crippen LogP) is 5.85. The van der Waals surface area contributed by atoms with Crippen molar-refractivity contribution in [1.82, 2.24) is 5.32 Å². The van der Waals surface area contributed by atoms with Gasteiger partial charge in [-0.15, -0.1) is 0 Å². The lowest BCUT2D eigenvalue weighted by Crippen LogP contribution is -2.44. The van der Waals surface area contributed by atoms with E-state index in [1.807, 2.05) is 27.7 Å². The molecule has 1 fully saturated rings. The van der Waals surface area contributed by atoms with Crippen molar-refractivity contribution in [2.75, 3.05) is 0 Å². The number of nitriles is 1. The zero-order valence-electron chi connectivity index (χ0n) is 17.8. The minimum atomic E-state index is -1.35. The molecule has 1 aliphatic rings. The standard InChI is InChI=1S/C24H25Cl2FN2O2/c1-13-10-14(25)8-9-16(13)24(12-28)18(11-23(2,3)4)29-21(22(30)31)19(24)15-6-5-7-17(26)20(15)27/h5-10,18-19,21,29H,11H2,1-4H3,(H,30,31)/t18-,19-,21-,24+/m0/s1. The molecular formula is C24H25Cl2FN2O2. The van der Waals surface area contributed by atoms with E-state index in [9.17, 15) is 15.2 Å². The average Bonchev–Trinajstić information content (AvgIpc) is 2.97. The third kappa shape index (κ3) is 4.17. The highest BCUT2D eigenvalue weighted by Crippen LogP contribution is 2.52. The first-order valence-electron chi connectivity index (χ1n) is 10.0. The molecule has 4 atom stereocenters. The van der Waals surface area contributed by atoms with Gasteiger partial charge in [-0.05, 0) is 53.6 Å². The monoisotopic (exact) mass is 462 g/mol. The summed E-state index contributed by atoms with van der Waals surface area (Å²) in [5, 5.41) is 24.3. The van der Waals surface area contributed by atoms with E-state index in [-0.39, 0.29) is 16.0 Å². The maximum absolute atomic E-state index is 15.2. The molecular weight excluding hydrogens is 438 g/mol. The summed E-state index contributed by atoms with van der Waals surface area (Å²) in [7, 11) is 0. The van der Waals surface area contributed by atoms with Crippen molar-refractivity contribution >= 4 is 29.2 Å². The van der Waals surface area contributed by atoms with E-state index in [0.717, 1.165) is 5.56 Å². The summed E-state index contributed by atoms with van der Waals surface area (Å²) >= 11 is 12.2. The van der Waals surface area contributed by atoms with Gasteiger partial charge in [0.15, 0.2) is 0 Å². The molecule has 164 valence electrons. The van der Waals surface area contributed by atoms with Crippen molar-refractivity contribution in [1.29, 1.82) is 5.26 Å². The van der Waals surface area contributed by atoms with Crippen LogP contribution in [0.1, 0.15) is 49.8 Å². The second-order valence-electron chi connectivity index (χ2n) is 9.36. The summed E-state index contributed by atoms with van der Waals surface area (Å²) in [4.78, 5) is 12.3. The fourth-order valence-corrected chi connectivity index (χ4v) is 5.22. The van der Waals surface area contributed by atoms with Crippen LogP contribution in [-0.2, 0) is 10.2 Å². The van der Waals surface area contributed by atoms with Gasteiger partial charge in [0.05, 0.1) is 11.1 Å². The number of carboxylic acid groups (broad SMARTS) is 1. The molecule has 0 spiro atoms. The molecule has 2 aromatic carbocycles. The van der Waals surface area contributed by atoms with Crippen LogP contribution in [0.4, 0.5) is 4.39 Å². The van der Waals surface area contributed by atoms with Crippen molar-refractivity contribution in [3.8, 4) is 6.07 Å². The normalized spacial score (nSPS) is 25.9. The van der Waals surface area contributed by atoms with Crippen molar-refractivity contribution in [2.24, 2.45) is 5.41 Å². The number of benzene rings is 2. The van der Waals surface area contributed by atoms with Crippen LogP contribution in [0.2, 0.25) is 10.0 Å². The lowest BCUT2D eigenvalue weighted by molar-refractivity contribution is -0.139. The Morgan fingerprint density at radius 3 is 2.52 bits per heavy atom. The number of aliphatic carboxylic acids is 1. The van der Waals surface area contributed by atoms with E-state index < -0.39 is 35.2 Å². The van der Waals surface area contributed by atoms with Gasteiger partial charge >= 0.3 is 5.97 Å². The average molecular weight is 463 g/mol. The Morgan fingerprint density at radius 1 is 1.29 bits per heavy atom. The van der Waals surface area contributed by atoms with Crippen LogP contribution in [0, 0.1) is 29.5 Å². The first-order valence-corrected chi connectivity index (χ1v) is 10.8. The van der Waals surface area contributed by atoms with E-state index in [4.69, 9.17) is 23.2 Å². The third-order valence-corrected chi connectivity index (χ3v) is 6.50. The van der Waals surface area contributed by atoms with Crippen LogP contribution >= 0.6 is 23.2 Å². The van der Waals surface area contributed by atoms with Crippen LogP contribution in [0.25, 0.3) is 0 Å². The Hall–Kier alpha value is -2.13. The molecule has 4 nitrogen and oxygen atoms in total. The van der Waals surface area contributed by atoms with Crippen LogP contribution in [0.15, 0.2) is 36.4 Å². The summed E-state index contributed by atoms with van der Waals surface area (Å²) in [6, 6.07) is 10.4. The topological polar surface area (TPSA) is 73.1 Å². The highest BCUT2D eigenvalue weighted by Gasteiger charge is 2.60. The second kappa shape index (κ2) is 8.43. The number of nitrogens with zero attached hydrogens (tertiary/aromatic N) is 1. The van der Waals surface area contributed by atoms with E-state index in [1.165, 1.54) is 12.1 Å². The Bertz CT molecular complexity index is 1060. The first-order chi connectivity index (χ1) is 14.4. The fourth-order valence-electron chi connectivity index (χ4n) is 4.81. The van der Waals surface area contributed by atoms with Gasteiger partial charge in [-0.1, -0.05) is 62.2 Å². The van der Waals surface area contributed by atoms with Crippen molar-refractivity contribution in [3.05, 3.63) is 69.0 Å². The quantitative estimate of drug-likeness (QED) is 0.597. The Kier molecular flexibility index (Phi) is 6.40. The van der Waals surface area contributed by atoms with Gasteiger partial charge in [0.25, 0.3) is 0 Å². The Balaban J connectivity index is 2.38. The summed E-state index contributed by atoms with van der Waals surface area (Å²) in [5.74, 6) is -2.85. The SMILES string of the molecule is Cc1cc(Cl)ccc1[C@]1(C#N)[C@H](CC(C)(C)C)N[C@H](C(=O)O)[C@@H]1c1cccc(Cl)c1F. The van der Waals surface area contributed by atoms with Gasteiger partial charge in [-0.25, -0.2) is 4.39 Å². The Labute approximate surface area is 192 Å².